The van der Waals surface area contributed by atoms with E-state index < -0.39 is 11.5 Å². The minimum absolute atomic E-state index is 0.627. The van der Waals surface area contributed by atoms with E-state index in [2.05, 4.69) is 0 Å². The molecule has 0 unspecified atom stereocenters. The molecule has 1 saturated heterocycles. The molecule has 4 heteroatoms. The number of morpholine rings is 1. The number of hydrogen-bond acceptors (Lipinski definition) is 3. The molecule has 0 bridgehead atoms. The SMILES string of the molecule is CC[C@@](C)(C(=O)O)N1CCOCC1. The lowest BCUT2D eigenvalue weighted by Crippen LogP contribution is -2.55. The third kappa shape index (κ3) is 2.00. The van der Waals surface area contributed by atoms with Crippen LogP contribution in [0.25, 0.3) is 0 Å². The average Bonchev–Trinajstić information content (AvgIpc) is 2.17. The number of aliphatic carboxylic acids is 1. The predicted molar refractivity (Wildman–Crippen MR) is 48.7 cm³/mol. The van der Waals surface area contributed by atoms with Crippen molar-refractivity contribution in [3.63, 3.8) is 0 Å². The second-order valence-corrected chi connectivity index (χ2v) is 3.53. The number of ether oxygens (including phenoxy) is 1. The molecule has 0 amide bonds. The van der Waals surface area contributed by atoms with Crippen LogP contribution < -0.4 is 0 Å². The number of carboxylic acids is 1. The van der Waals surface area contributed by atoms with E-state index in [-0.39, 0.29) is 0 Å². The summed E-state index contributed by atoms with van der Waals surface area (Å²) in [4.78, 5) is 13.1. The Labute approximate surface area is 78.5 Å². The van der Waals surface area contributed by atoms with Gasteiger partial charge in [0, 0.05) is 13.1 Å². The summed E-state index contributed by atoms with van der Waals surface area (Å²) in [6.07, 6.45) is 0.627. The lowest BCUT2D eigenvalue weighted by molar-refractivity contribution is -0.153. The first-order chi connectivity index (χ1) is 6.11. The maximum atomic E-state index is 11.1. The molecule has 1 aliphatic heterocycles. The van der Waals surface area contributed by atoms with Crippen molar-refractivity contribution in [3.8, 4) is 0 Å². The molecule has 1 atom stereocenters. The monoisotopic (exact) mass is 187 g/mol. The molecule has 76 valence electrons. The van der Waals surface area contributed by atoms with Crippen LogP contribution in [-0.4, -0.2) is 47.8 Å². The quantitative estimate of drug-likeness (QED) is 0.702. The highest BCUT2D eigenvalue weighted by atomic mass is 16.5. The lowest BCUT2D eigenvalue weighted by atomic mass is 9.96. The number of carbonyl (C=O) groups is 1. The van der Waals surface area contributed by atoms with Gasteiger partial charge in [-0.3, -0.25) is 9.69 Å². The number of carboxylic acid groups (broad SMARTS) is 1. The van der Waals surface area contributed by atoms with E-state index in [9.17, 15) is 4.79 Å². The second kappa shape index (κ2) is 4.07. The standard InChI is InChI=1S/C9H17NO3/c1-3-9(2,8(11)12)10-4-6-13-7-5-10/h3-7H2,1-2H3,(H,11,12)/t9-/m0/s1. The highest BCUT2D eigenvalue weighted by Gasteiger charge is 2.38. The van der Waals surface area contributed by atoms with Gasteiger partial charge in [0.15, 0.2) is 0 Å². The minimum atomic E-state index is -0.739. The molecular formula is C9H17NO3. The Bertz CT molecular complexity index is 189. The van der Waals surface area contributed by atoms with Crippen molar-refractivity contribution in [2.75, 3.05) is 26.3 Å². The van der Waals surface area contributed by atoms with Crippen LogP contribution in [0.1, 0.15) is 20.3 Å². The van der Waals surface area contributed by atoms with E-state index in [0.29, 0.717) is 19.6 Å². The zero-order chi connectivity index (χ0) is 9.90. The van der Waals surface area contributed by atoms with Crippen LogP contribution in [0.2, 0.25) is 0 Å². The van der Waals surface area contributed by atoms with Crippen LogP contribution in [0.3, 0.4) is 0 Å². The molecule has 0 saturated carbocycles. The minimum Gasteiger partial charge on any atom is -0.480 e. The molecule has 1 fully saturated rings. The van der Waals surface area contributed by atoms with Crippen molar-refractivity contribution in [1.29, 1.82) is 0 Å². The molecule has 4 nitrogen and oxygen atoms in total. The van der Waals surface area contributed by atoms with Gasteiger partial charge in [0.05, 0.1) is 13.2 Å². The van der Waals surface area contributed by atoms with Crippen LogP contribution in [0.5, 0.6) is 0 Å². The lowest BCUT2D eigenvalue weighted by Gasteiger charge is -2.39. The first kappa shape index (κ1) is 10.5. The van der Waals surface area contributed by atoms with Gasteiger partial charge >= 0.3 is 5.97 Å². The van der Waals surface area contributed by atoms with Gasteiger partial charge in [-0.25, -0.2) is 0 Å². The Morgan fingerprint density at radius 3 is 2.46 bits per heavy atom. The number of rotatable bonds is 3. The van der Waals surface area contributed by atoms with Crippen molar-refractivity contribution in [2.24, 2.45) is 0 Å². The average molecular weight is 187 g/mol. The van der Waals surface area contributed by atoms with Gasteiger partial charge in [-0.05, 0) is 13.3 Å². The highest BCUT2D eigenvalue weighted by Crippen LogP contribution is 2.20. The first-order valence-corrected chi connectivity index (χ1v) is 4.67. The molecule has 1 aliphatic rings. The van der Waals surface area contributed by atoms with Crippen LogP contribution in [0.15, 0.2) is 0 Å². The van der Waals surface area contributed by atoms with Gasteiger partial charge in [-0.1, -0.05) is 6.92 Å². The molecule has 0 radical (unpaired) electrons. The third-order valence-corrected chi connectivity index (χ3v) is 2.86. The van der Waals surface area contributed by atoms with Crippen LogP contribution in [-0.2, 0) is 9.53 Å². The van der Waals surface area contributed by atoms with Gasteiger partial charge in [0.1, 0.15) is 5.54 Å². The molecule has 0 spiro atoms. The number of hydrogen-bond donors (Lipinski definition) is 1. The van der Waals surface area contributed by atoms with E-state index in [1.54, 1.807) is 6.92 Å². The van der Waals surface area contributed by atoms with Gasteiger partial charge < -0.3 is 9.84 Å². The summed E-state index contributed by atoms with van der Waals surface area (Å²) in [5.74, 6) is -0.739. The van der Waals surface area contributed by atoms with Crippen molar-refractivity contribution in [1.82, 2.24) is 4.90 Å². The molecule has 0 aliphatic carbocycles. The normalized spacial score (nSPS) is 23.8. The van der Waals surface area contributed by atoms with E-state index in [1.807, 2.05) is 11.8 Å². The molecular weight excluding hydrogens is 170 g/mol. The van der Waals surface area contributed by atoms with Crippen LogP contribution in [0, 0.1) is 0 Å². The zero-order valence-corrected chi connectivity index (χ0v) is 8.25. The first-order valence-electron chi connectivity index (χ1n) is 4.67. The highest BCUT2D eigenvalue weighted by molar-refractivity contribution is 5.78. The molecule has 13 heavy (non-hydrogen) atoms. The second-order valence-electron chi connectivity index (χ2n) is 3.53. The van der Waals surface area contributed by atoms with Crippen molar-refractivity contribution < 1.29 is 14.6 Å². The van der Waals surface area contributed by atoms with Crippen LogP contribution in [0.4, 0.5) is 0 Å². The Hall–Kier alpha value is -0.610. The molecule has 0 aromatic rings. The summed E-state index contributed by atoms with van der Waals surface area (Å²) in [6, 6.07) is 0. The Balaban J connectivity index is 2.68. The van der Waals surface area contributed by atoms with E-state index in [0.717, 1.165) is 13.1 Å². The van der Waals surface area contributed by atoms with Crippen molar-refractivity contribution in [2.45, 2.75) is 25.8 Å². The van der Waals surface area contributed by atoms with E-state index >= 15 is 0 Å². The zero-order valence-electron chi connectivity index (χ0n) is 8.25. The smallest absolute Gasteiger partial charge is 0.323 e. The maximum absolute atomic E-state index is 11.1. The largest absolute Gasteiger partial charge is 0.480 e. The summed E-state index contributed by atoms with van der Waals surface area (Å²) < 4.78 is 5.18. The fourth-order valence-electron chi connectivity index (χ4n) is 1.57. The Kier molecular flexibility index (Phi) is 3.27. The van der Waals surface area contributed by atoms with Crippen LogP contribution >= 0.6 is 0 Å². The molecule has 1 rings (SSSR count). The Morgan fingerprint density at radius 2 is 2.08 bits per heavy atom. The topological polar surface area (TPSA) is 49.8 Å². The van der Waals surface area contributed by atoms with Gasteiger partial charge in [0.25, 0.3) is 0 Å². The summed E-state index contributed by atoms with van der Waals surface area (Å²) in [5, 5.41) is 9.10. The summed E-state index contributed by atoms with van der Waals surface area (Å²) in [6.45, 7) is 6.41. The molecule has 0 aromatic heterocycles. The fraction of sp³-hybridized carbons (Fsp3) is 0.889. The van der Waals surface area contributed by atoms with Gasteiger partial charge in [-0.2, -0.15) is 0 Å². The van der Waals surface area contributed by atoms with Gasteiger partial charge in [-0.15, -0.1) is 0 Å². The third-order valence-electron chi connectivity index (χ3n) is 2.86. The summed E-state index contributed by atoms with van der Waals surface area (Å²) in [7, 11) is 0. The number of nitrogens with zero attached hydrogens (tertiary/aromatic N) is 1. The molecule has 1 heterocycles. The summed E-state index contributed by atoms with van der Waals surface area (Å²) in [5.41, 5.74) is -0.718. The Morgan fingerprint density at radius 1 is 1.54 bits per heavy atom. The maximum Gasteiger partial charge on any atom is 0.323 e. The van der Waals surface area contributed by atoms with E-state index in [1.165, 1.54) is 0 Å². The molecule has 0 aromatic carbocycles. The van der Waals surface area contributed by atoms with Crippen molar-refractivity contribution >= 4 is 5.97 Å². The summed E-state index contributed by atoms with van der Waals surface area (Å²) >= 11 is 0. The molecule has 1 N–H and O–H groups in total. The van der Waals surface area contributed by atoms with E-state index in [4.69, 9.17) is 9.84 Å². The van der Waals surface area contributed by atoms with Gasteiger partial charge in [0.2, 0.25) is 0 Å². The predicted octanol–water partition coefficient (Wildman–Crippen LogP) is 0.572. The van der Waals surface area contributed by atoms with Crippen molar-refractivity contribution in [3.05, 3.63) is 0 Å². The fourth-order valence-corrected chi connectivity index (χ4v) is 1.57.